The Balaban J connectivity index is 2.57. The normalized spacial score (nSPS) is 13.3. The van der Waals surface area contributed by atoms with Crippen LogP contribution in [0.25, 0.3) is 0 Å². The third-order valence-corrected chi connectivity index (χ3v) is 2.92. The first-order chi connectivity index (χ1) is 7.71. The van der Waals surface area contributed by atoms with Crippen LogP contribution in [0.4, 0.5) is 0 Å². The number of hydrogen-bond acceptors (Lipinski definition) is 3. The molecule has 0 aromatic carbocycles. The van der Waals surface area contributed by atoms with Crippen molar-refractivity contribution in [1.29, 1.82) is 0 Å². The van der Waals surface area contributed by atoms with Crippen molar-refractivity contribution in [3.05, 3.63) is 18.0 Å². The Kier molecular flexibility index (Phi) is 5.49. The maximum absolute atomic E-state index is 9.64. The van der Waals surface area contributed by atoms with Crippen LogP contribution in [0, 0.1) is 0 Å². The maximum atomic E-state index is 9.64. The van der Waals surface area contributed by atoms with Crippen LogP contribution in [0.3, 0.4) is 0 Å². The summed E-state index contributed by atoms with van der Waals surface area (Å²) >= 11 is 0. The molecule has 0 spiro atoms. The number of aromatic nitrogens is 2. The maximum Gasteiger partial charge on any atom is 0.0650 e. The van der Waals surface area contributed by atoms with E-state index in [2.05, 4.69) is 18.9 Å². The Morgan fingerprint density at radius 1 is 1.44 bits per heavy atom. The molecule has 3 N–H and O–H groups in total. The van der Waals surface area contributed by atoms with Crippen molar-refractivity contribution in [2.75, 3.05) is 6.54 Å². The second kappa shape index (κ2) is 6.66. The van der Waals surface area contributed by atoms with Gasteiger partial charge in [0.25, 0.3) is 0 Å². The molecule has 0 fully saturated rings. The third-order valence-electron chi connectivity index (χ3n) is 2.92. The first-order valence-electron chi connectivity index (χ1n) is 6.13. The number of nitrogens with two attached hydrogens (primary N) is 1. The van der Waals surface area contributed by atoms with Crippen molar-refractivity contribution in [2.24, 2.45) is 5.73 Å². The molecule has 0 aliphatic carbocycles. The molecular formula is C12H23N3O. The van der Waals surface area contributed by atoms with Gasteiger partial charge in [0.2, 0.25) is 0 Å². The van der Waals surface area contributed by atoms with Crippen molar-refractivity contribution in [3.63, 3.8) is 0 Å². The fourth-order valence-electron chi connectivity index (χ4n) is 1.89. The average molecular weight is 225 g/mol. The summed E-state index contributed by atoms with van der Waals surface area (Å²) in [6.07, 6.45) is 5.05. The van der Waals surface area contributed by atoms with Gasteiger partial charge in [-0.25, -0.2) is 0 Å². The van der Waals surface area contributed by atoms with E-state index < -0.39 is 0 Å². The number of aliphatic hydroxyl groups excluding tert-OH is 1. The van der Waals surface area contributed by atoms with E-state index in [0.717, 1.165) is 18.5 Å². The standard InChI is InChI=1S/C12H23N3O/c1-3-11(4-2)15-8-6-10(14-15)9-12(16)5-7-13/h6,8,11-12,16H,3-5,7,9,13H2,1-2H3. The fourth-order valence-corrected chi connectivity index (χ4v) is 1.89. The molecule has 16 heavy (non-hydrogen) atoms. The lowest BCUT2D eigenvalue weighted by Gasteiger charge is -2.12. The zero-order valence-corrected chi connectivity index (χ0v) is 10.3. The summed E-state index contributed by atoms with van der Waals surface area (Å²) in [4.78, 5) is 0. The molecule has 1 heterocycles. The highest BCUT2D eigenvalue weighted by molar-refractivity contribution is 5.01. The molecule has 0 amide bonds. The topological polar surface area (TPSA) is 64.1 Å². The second-order valence-electron chi connectivity index (χ2n) is 4.19. The van der Waals surface area contributed by atoms with E-state index in [-0.39, 0.29) is 6.10 Å². The van der Waals surface area contributed by atoms with Gasteiger partial charge in [-0.15, -0.1) is 0 Å². The molecule has 4 nitrogen and oxygen atoms in total. The molecule has 0 bridgehead atoms. The number of rotatable bonds is 7. The van der Waals surface area contributed by atoms with Gasteiger partial charge in [-0.3, -0.25) is 4.68 Å². The lowest BCUT2D eigenvalue weighted by Crippen LogP contribution is -2.16. The van der Waals surface area contributed by atoms with Gasteiger partial charge in [-0.1, -0.05) is 13.8 Å². The zero-order valence-electron chi connectivity index (χ0n) is 10.3. The number of nitrogens with zero attached hydrogens (tertiary/aromatic N) is 2. The highest BCUT2D eigenvalue weighted by Gasteiger charge is 2.10. The average Bonchev–Trinajstić information content (AvgIpc) is 2.68. The van der Waals surface area contributed by atoms with Gasteiger partial charge < -0.3 is 10.8 Å². The highest BCUT2D eigenvalue weighted by Crippen LogP contribution is 2.15. The van der Waals surface area contributed by atoms with Crippen LogP contribution in [-0.2, 0) is 6.42 Å². The van der Waals surface area contributed by atoms with Gasteiger partial charge in [0.05, 0.1) is 17.8 Å². The molecule has 1 rings (SSSR count). The molecule has 92 valence electrons. The number of aliphatic hydroxyl groups is 1. The quantitative estimate of drug-likeness (QED) is 0.739. The van der Waals surface area contributed by atoms with Gasteiger partial charge in [0.15, 0.2) is 0 Å². The SMILES string of the molecule is CCC(CC)n1ccc(CC(O)CCN)n1. The Bertz CT molecular complexity index is 294. The molecule has 1 aromatic rings. The van der Waals surface area contributed by atoms with Crippen LogP contribution in [0.15, 0.2) is 12.3 Å². The van der Waals surface area contributed by atoms with Crippen LogP contribution < -0.4 is 5.73 Å². The summed E-state index contributed by atoms with van der Waals surface area (Å²) in [5.41, 5.74) is 6.35. The summed E-state index contributed by atoms with van der Waals surface area (Å²) in [5, 5.41) is 14.1. The molecular weight excluding hydrogens is 202 g/mol. The monoisotopic (exact) mass is 225 g/mol. The molecule has 0 aliphatic rings. The van der Waals surface area contributed by atoms with Crippen LogP contribution in [0.5, 0.6) is 0 Å². The van der Waals surface area contributed by atoms with Crippen molar-refractivity contribution in [3.8, 4) is 0 Å². The molecule has 1 atom stereocenters. The lowest BCUT2D eigenvalue weighted by molar-refractivity contribution is 0.166. The Labute approximate surface area is 97.5 Å². The fraction of sp³-hybridized carbons (Fsp3) is 0.750. The number of hydrogen-bond donors (Lipinski definition) is 2. The summed E-state index contributed by atoms with van der Waals surface area (Å²) < 4.78 is 2.00. The van der Waals surface area contributed by atoms with Crippen molar-refractivity contribution in [2.45, 2.75) is 51.7 Å². The smallest absolute Gasteiger partial charge is 0.0650 e. The predicted octanol–water partition coefficient (Wildman–Crippen LogP) is 1.50. The summed E-state index contributed by atoms with van der Waals surface area (Å²) in [5.74, 6) is 0. The van der Waals surface area contributed by atoms with E-state index >= 15 is 0 Å². The van der Waals surface area contributed by atoms with Crippen LogP contribution in [0.1, 0.15) is 44.8 Å². The third kappa shape index (κ3) is 3.61. The van der Waals surface area contributed by atoms with E-state index in [4.69, 9.17) is 5.73 Å². The molecule has 0 radical (unpaired) electrons. The van der Waals surface area contributed by atoms with E-state index in [0.29, 0.717) is 25.4 Å². The summed E-state index contributed by atoms with van der Waals surface area (Å²) in [6.45, 7) is 4.85. The Hall–Kier alpha value is -0.870. The van der Waals surface area contributed by atoms with E-state index in [1.165, 1.54) is 0 Å². The Morgan fingerprint density at radius 3 is 2.69 bits per heavy atom. The second-order valence-corrected chi connectivity index (χ2v) is 4.19. The first kappa shape index (κ1) is 13.2. The van der Waals surface area contributed by atoms with E-state index in [1.807, 2.05) is 16.9 Å². The first-order valence-corrected chi connectivity index (χ1v) is 6.13. The zero-order chi connectivity index (χ0) is 12.0. The van der Waals surface area contributed by atoms with Gasteiger partial charge >= 0.3 is 0 Å². The van der Waals surface area contributed by atoms with Crippen LogP contribution in [0.2, 0.25) is 0 Å². The minimum Gasteiger partial charge on any atom is -0.393 e. The molecule has 1 unspecified atom stereocenters. The minimum absolute atomic E-state index is 0.366. The largest absolute Gasteiger partial charge is 0.393 e. The molecule has 1 aromatic heterocycles. The summed E-state index contributed by atoms with van der Waals surface area (Å²) in [7, 11) is 0. The van der Waals surface area contributed by atoms with Gasteiger partial charge in [-0.2, -0.15) is 5.10 Å². The van der Waals surface area contributed by atoms with Crippen LogP contribution >= 0.6 is 0 Å². The van der Waals surface area contributed by atoms with Crippen molar-refractivity contribution in [1.82, 2.24) is 9.78 Å². The molecule has 4 heteroatoms. The van der Waals surface area contributed by atoms with Gasteiger partial charge in [0.1, 0.15) is 0 Å². The van der Waals surface area contributed by atoms with Crippen LogP contribution in [-0.4, -0.2) is 27.5 Å². The van der Waals surface area contributed by atoms with Crippen molar-refractivity contribution < 1.29 is 5.11 Å². The van der Waals surface area contributed by atoms with Gasteiger partial charge in [-0.05, 0) is 31.9 Å². The molecule has 0 saturated carbocycles. The summed E-state index contributed by atoms with van der Waals surface area (Å²) in [6, 6.07) is 2.46. The molecule has 0 saturated heterocycles. The lowest BCUT2D eigenvalue weighted by atomic mass is 10.1. The highest BCUT2D eigenvalue weighted by atomic mass is 16.3. The van der Waals surface area contributed by atoms with Gasteiger partial charge in [0, 0.05) is 12.6 Å². The Morgan fingerprint density at radius 2 is 2.12 bits per heavy atom. The molecule has 0 aliphatic heterocycles. The van der Waals surface area contributed by atoms with E-state index in [9.17, 15) is 5.11 Å². The van der Waals surface area contributed by atoms with Crippen molar-refractivity contribution >= 4 is 0 Å². The predicted molar refractivity (Wildman–Crippen MR) is 65.2 cm³/mol. The minimum atomic E-state index is -0.366. The van der Waals surface area contributed by atoms with E-state index in [1.54, 1.807) is 0 Å².